The van der Waals surface area contributed by atoms with E-state index in [-0.39, 0.29) is 5.69 Å². The molecule has 1 aromatic carbocycles. The molecule has 0 spiro atoms. The molecule has 26 heavy (non-hydrogen) atoms. The first kappa shape index (κ1) is 19.5. The Morgan fingerprint density at radius 2 is 1.73 bits per heavy atom. The van der Waals surface area contributed by atoms with E-state index < -0.39 is 47.4 Å². The van der Waals surface area contributed by atoms with Gasteiger partial charge in [0.05, 0.1) is 5.56 Å². The molecule has 0 aromatic heterocycles. The minimum Gasteiger partial charge on any atom is -0.434 e. The van der Waals surface area contributed by atoms with Crippen molar-refractivity contribution in [3.63, 3.8) is 0 Å². The van der Waals surface area contributed by atoms with Crippen LogP contribution >= 0.6 is 0 Å². The van der Waals surface area contributed by atoms with Crippen molar-refractivity contribution in [2.75, 3.05) is 5.32 Å². The molecule has 0 bridgehead atoms. The summed E-state index contributed by atoms with van der Waals surface area (Å²) in [7, 11) is 0. The summed E-state index contributed by atoms with van der Waals surface area (Å²) in [6.07, 6.45) is -4.18. The molecule has 0 saturated carbocycles. The Morgan fingerprint density at radius 1 is 1.15 bits per heavy atom. The summed E-state index contributed by atoms with van der Waals surface area (Å²) in [6, 6.07) is 2.15. The SMILES string of the molecule is CC1(C)OC(=O)C(=CNc2ccc(OC(F)F)c(C(F)(F)F)c2)C(=O)O1. The van der Waals surface area contributed by atoms with Crippen LogP contribution in [-0.4, -0.2) is 24.3 Å². The monoisotopic (exact) mass is 381 g/mol. The van der Waals surface area contributed by atoms with E-state index in [1.165, 1.54) is 13.8 Å². The van der Waals surface area contributed by atoms with Crippen LogP contribution in [0, 0.1) is 0 Å². The van der Waals surface area contributed by atoms with Crippen LogP contribution in [0.2, 0.25) is 0 Å². The van der Waals surface area contributed by atoms with E-state index >= 15 is 0 Å². The second kappa shape index (κ2) is 6.81. The molecule has 1 saturated heterocycles. The molecule has 11 heteroatoms. The number of rotatable bonds is 4. The third kappa shape index (κ3) is 4.61. The summed E-state index contributed by atoms with van der Waals surface area (Å²) in [5.74, 6) is -4.60. The first-order chi connectivity index (χ1) is 11.9. The van der Waals surface area contributed by atoms with Gasteiger partial charge in [0.25, 0.3) is 5.79 Å². The summed E-state index contributed by atoms with van der Waals surface area (Å²) in [5.41, 5.74) is -2.28. The molecule has 0 atom stereocenters. The molecule has 1 heterocycles. The first-order valence-electron chi connectivity index (χ1n) is 6.98. The van der Waals surface area contributed by atoms with Gasteiger partial charge in [-0.3, -0.25) is 0 Å². The molecular formula is C15H12F5NO5. The molecule has 0 amide bonds. The van der Waals surface area contributed by atoms with E-state index in [0.717, 1.165) is 12.3 Å². The first-order valence-corrected chi connectivity index (χ1v) is 6.98. The molecule has 0 unspecified atom stereocenters. The zero-order valence-corrected chi connectivity index (χ0v) is 13.3. The zero-order chi connectivity index (χ0) is 19.7. The molecular weight excluding hydrogens is 369 g/mol. The van der Waals surface area contributed by atoms with Crippen molar-refractivity contribution in [1.82, 2.24) is 0 Å². The van der Waals surface area contributed by atoms with Gasteiger partial charge in [-0.05, 0) is 18.2 Å². The highest BCUT2D eigenvalue weighted by molar-refractivity contribution is 6.15. The topological polar surface area (TPSA) is 73.9 Å². The maximum atomic E-state index is 13.0. The fourth-order valence-electron chi connectivity index (χ4n) is 1.97. The average Bonchev–Trinajstić information content (AvgIpc) is 2.44. The number of esters is 2. The van der Waals surface area contributed by atoms with Gasteiger partial charge in [-0.1, -0.05) is 0 Å². The number of benzene rings is 1. The molecule has 6 nitrogen and oxygen atoms in total. The largest absolute Gasteiger partial charge is 0.434 e. The predicted molar refractivity (Wildman–Crippen MR) is 76.0 cm³/mol. The number of carbonyl (C=O) groups excluding carboxylic acids is 2. The Kier molecular flexibility index (Phi) is 5.10. The lowest BCUT2D eigenvalue weighted by molar-refractivity contribution is -0.222. The fourth-order valence-corrected chi connectivity index (χ4v) is 1.97. The van der Waals surface area contributed by atoms with Crippen molar-refractivity contribution in [2.45, 2.75) is 32.4 Å². The van der Waals surface area contributed by atoms with Crippen molar-refractivity contribution < 1.29 is 45.8 Å². The van der Waals surface area contributed by atoms with Gasteiger partial charge in [0, 0.05) is 25.7 Å². The number of hydrogen-bond donors (Lipinski definition) is 1. The lowest BCUT2D eigenvalue weighted by Gasteiger charge is -2.29. The molecule has 1 aromatic rings. The maximum Gasteiger partial charge on any atom is 0.420 e. The van der Waals surface area contributed by atoms with Gasteiger partial charge in [-0.15, -0.1) is 0 Å². The average molecular weight is 381 g/mol. The zero-order valence-electron chi connectivity index (χ0n) is 13.3. The van der Waals surface area contributed by atoms with Gasteiger partial charge in [0.2, 0.25) is 0 Å². The number of cyclic esters (lactones) is 2. The Hall–Kier alpha value is -2.85. The standard InChI is InChI=1S/C15H12F5NO5/c1-14(2)25-11(22)8(12(23)26-14)6-21-7-3-4-10(24-13(16)17)9(5-7)15(18,19)20/h3-6,13,21H,1-2H3. The van der Waals surface area contributed by atoms with Crippen molar-refractivity contribution in [3.05, 3.63) is 35.5 Å². The Bertz CT molecular complexity index is 735. The summed E-state index contributed by atoms with van der Waals surface area (Å²) in [4.78, 5) is 23.5. The predicted octanol–water partition coefficient (Wildman–Crippen LogP) is 3.44. The lowest BCUT2D eigenvalue weighted by atomic mass is 10.1. The normalized spacial score (nSPS) is 16.8. The van der Waals surface area contributed by atoms with E-state index in [4.69, 9.17) is 9.47 Å². The Balaban J connectivity index is 2.27. The number of halogens is 5. The molecule has 1 N–H and O–H groups in total. The van der Waals surface area contributed by atoms with Crippen LogP contribution in [0.1, 0.15) is 19.4 Å². The Morgan fingerprint density at radius 3 is 2.23 bits per heavy atom. The number of anilines is 1. The molecule has 1 fully saturated rings. The number of alkyl halides is 5. The second-order valence-corrected chi connectivity index (χ2v) is 5.47. The van der Waals surface area contributed by atoms with E-state index in [2.05, 4.69) is 10.1 Å². The van der Waals surface area contributed by atoms with Gasteiger partial charge >= 0.3 is 24.7 Å². The minimum absolute atomic E-state index is 0.239. The van der Waals surface area contributed by atoms with E-state index in [0.29, 0.717) is 12.1 Å². The van der Waals surface area contributed by atoms with E-state index in [1.807, 2.05) is 0 Å². The third-order valence-corrected chi connectivity index (χ3v) is 3.00. The molecule has 1 aliphatic rings. The highest BCUT2D eigenvalue weighted by atomic mass is 19.4. The number of hydrogen-bond acceptors (Lipinski definition) is 6. The molecule has 0 radical (unpaired) electrons. The highest BCUT2D eigenvalue weighted by Crippen LogP contribution is 2.38. The van der Waals surface area contributed by atoms with Crippen LogP contribution in [0.5, 0.6) is 5.75 Å². The van der Waals surface area contributed by atoms with Crippen LogP contribution in [0.4, 0.5) is 27.6 Å². The number of ether oxygens (including phenoxy) is 3. The van der Waals surface area contributed by atoms with Crippen LogP contribution in [0.15, 0.2) is 30.0 Å². The van der Waals surface area contributed by atoms with Crippen molar-refractivity contribution >= 4 is 17.6 Å². The number of carbonyl (C=O) groups is 2. The summed E-state index contributed by atoms with van der Waals surface area (Å²) >= 11 is 0. The summed E-state index contributed by atoms with van der Waals surface area (Å²) < 4.78 is 76.8. The second-order valence-electron chi connectivity index (χ2n) is 5.47. The van der Waals surface area contributed by atoms with Crippen molar-refractivity contribution in [1.29, 1.82) is 0 Å². The fraction of sp³-hybridized carbons (Fsp3) is 0.333. The van der Waals surface area contributed by atoms with E-state index in [9.17, 15) is 31.5 Å². The van der Waals surface area contributed by atoms with Crippen molar-refractivity contribution in [2.24, 2.45) is 0 Å². The maximum absolute atomic E-state index is 13.0. The smallest absolute Gasteiger partial charge is 0.420 e. The van der Waals surface area contributed by atoms with Gasteiger partial charge in [0.15, 0.2) is 5.57 Å². The summed E-state index contributed by atoms with van der Waals surface area (Å²) in [5, 5.41) is 2.29. The van der Waals surface area contributed by atoms with Gasteiger partial charge < -0.3 is 19.5 Å². The third-order valence-electron chi connectivity index (χ3n) is 3.00. The molecule has 1 aliphatic heterocycles. The highest BCUT2D eigenvalue weighted by Gasteiger charge is 2.39. The number of nitrogens with one attached hydrogen (secondary N) is 1. The quantitative estimate of drug-likeness (QED) is 0.373. The van der Waals surface area contributed by atoms with E-state index in [1.54, 1.807) is 0 Å². The van der Waals surface area contributed by atoms with Gasteiger partial charge in [0.1, 0.15) is 5.75 Å². The van der Waals surface area contributed by atoms with Gasteiger partial charge in [-0.25, -0.2) is 9.59 Å². The van der Waals surface area contributed by atoms with Crippen molar-refractivity contribution in [3.8, 4) is 5.75 Å². The van der Waals surface area contributed by atoms with Crippen LogP contribution in [0.25, 0.3) is 0 Å². The van der Waals surface area contributed by atoms with Gasteiger partial charge in [-0.2, -0.15) is 22.0 Å². The summed E-state index contributed by atoms with van der Waals surface area (Å²) in [6.45, 7) is -0.790. The molecule has 0 aliphatic carbocycles. The minimum atomic E-state index is -4.97. The van der Waals surface area contributed by atoms with Crippen LogP contribution < -0.4 is 10.1 Å². The van der Waals surface area contributed by atoms with Crippen LogP contribution in [-0.2, 0) is 25.2 Å². The lowest BCUT2D eigenvalue weighted by Crippen LogP contribution is -2.42. The molecule has 2 rings (SSSR count). The Labute approximate surface area is 143 Å². The molecule has 142 valence electrons. The van der Waals surface area contributed by atoms with Crippen LogP contribution in [0.3, 0.4) is 0 Å².